The van der Waals surface area contributed by atoms with Gasteiger partial charge in [-0.05, 0) is 0 Å². The Labute approximate surface area is 337 Å². The summed E-state index contributed by atoms with van der Waals surface area (Å²) in [4.78, 5) is 0. The van der Waals surface area contributed by atoms with Gasteiger partial charge >= 0.3 is 340 Å². The third-order valence-corrected chi connectivity index (χ3v) is 64.6. The first kappa shape index (κ1) is 41.7. The van der Waals surface area contributed by atoms with Crippen LogP contribution in [0.5, 0.6) is 0 Å². The molecule has 0 N–H and O–H groups in total. The van der Waals surface area contributed by atoms with Gasteiger partial charge in [-0.1, -0.05) is 0 Å². The van der Waals surface area contributed by atoms with E-state index in [4.69, 9.17) is 17.0 Å². The fraction of sp³-hybridized carbons (Fsp3) is 0.440. The molecule has 0 heterocycles. The Kier molecular flexibility index (Phi) is 12.4. The van der Waals surface area contributed by atoms with E-state index in [2.05, 4.69) is 167 Å². The van der Waals surface area contributed by atoms with Gasteiger partial charge in [0.1, 0.15) is 0 Å². The topological polar surface area (TPSA) is 0 Å². The molecule has 54 heavy (non-hydrogen) atoms. The van der Waals surface area contributed by atoms with Crippen LogP contribution >= 0.6 is 17.0 Å². The minimum atomic E-state index is -5.02. The number of benzene rings is 4. The molecule has 4 aromatic carbocycles. The van der Waals surface area contributed by atoms with Crippen LogP contribution < -0.4 is 0 Å². The summed E-state index contributed by atoms with van der Waals surface area (Å²) in [6, 6.07) is 28.0. The Morgan fingerprint density at radius 2 is 0.926 bits per heavy atom. The second kappa shape index (κ2) is 16.1. The number of halogens is 2. The SMILES string of the molecule is CCc1ccc2c(c1-c1ccccc1C(C)C)C=C(CC(C)C)[CH]2[Zr]([Cl])([Cl])([CH]1C(CC(C)C)=Cc2c1ccc(CC)c2-c1ccccc1C(C)C)[SiH](C)C. The van der Waals surface area contributed by atoms with Crippen molar-refractivity contribution >= 4 is 35.1 Å². The molecule has 6 rings (SSSR count). The van der Waals surface area contributed by atoms with Crippen molar-refractivity contribution in [3.05, 3.63) is 128 Å². The average molecular weight is 856 g/mol. The molecule has 4 heteroatoms. The summed E-state index contributed by atoms with van der Waals surface area (Å²) in [5.74, 6) is 0.129. The number of hydrogen-bond donors (Lipinski definition) is 0. The van der Waals surface area contributed by atoms with Crippen LogP contribution in [0.2, 0.25) is 13.1 Å². The molecule has 4 aromatic rings. The fourth-order valence-electron chi connectivity index (χ4n) is 10.2. The summed E-state index contributed by atoms with van der Waals surface area (Å²) >= 11 is -5.02. The van der Waals surface area contributed by atoms with E-state index in [-0.39, 0.29) is 7.25 Å². The van der Waals surface area contributed by atoms with Crippen LogP contribution in [-0.4, -0.2) is 5.92 Å². The molecule has 0 aromatic heterocycles. The first-order valence-electron chi connectivity index (χ1n) is 21.0. The first-order chi connectivity index (χ1) is 25.5. The number of allylic oxidation sites excluding steroid dienone is 2. The molecule has 2 aliphatic rings. The van der Waals surface area contributed by atoms with Crippen molar-refractivity contribution in [2.75, 3.05) is 0 Å². The number of fused-ring (bicyclic) bond motifs is 2. The van der Waals surface area contributed by atoms with E-state index < -0.39 is 21.5 Å². The summed E-state index contributed by atoms with van der Waals surface area (Å²) in [6.45, 7) is 28.4. The van der Waals surface area contributed by atoms with Gasteiger partial charge in [0.05, 0.1) is 0 Å². The van der Waals surface area contributed by atoms with Crippen molar-refractivity contribution in [2.24, 2.45) is 11.8 Å². The first-order valence-corrected chi connectivity index (χ1v) is 37.3. The van der Waals surface area contributed by atoms with Gasteiger partial charge in [0, 0.05) is 0 Å². The van der Waals surface area contributed by atoms with Crippen LogP contribution in [0.1, 0.15) is 146 Å². The maximum absolute atomic E-state index is 9.02. The van der Waals surface area contributed by atoms with Crippen LogP contribution in [0.25, 0.3) is 34.4 Å². The molecule has 2 atom stereocenters. The van der Waals surface area contributed by atoms with Crippen molar-refractivity contribution in [2.45, 2.75) is 127 Å². The van der Waals surface area contributed by atoms with Crippen LogP contribution in [0.4, 0.5) is 0 Å². The van der Waals surface area contributed by atoms with Gasteiger partial charge in [0.25, 0.3) is 0 Å². The van der Waals surface area contributed by atoms with E-state index in [0.717, 1.165) is 25.7 Å². The zero-order chi connectivity index (χ0) is 39.3. The monoisotopic (exact) mass is 853 g/mol. The third kappa shape index (κ3) is 7.12. The predicted molar refractivity (Wildman–Crippen MR) is 242 cm³/mol. The van der Waals surface area contributed by atoms with E-state index in [9.17, 15) is 0 Å². The van der Waals surface area contributed by atoms with E-state index in [1.807, 2.05) is 0 Å². The van der Waals surface area contributed by atoms with Crippen LogP contribution in [0.3, 0.4) is 0 Å². The summed E-state index contributed by atoms with van der Waals surface area (Å²) in [5.41, 5.74) is 19.8. The summed E-state index contributed by atoms with van der Waals surface area (Å²) in [6.07, 6.45) is 9.19. The molecule has 0 spiro atoms. The molecule has 0 aliphatic heterocycles. The summed E-state index contributed by atoms with van der Waals surface area (Å²) in [5, 5.41) is 0. The Bertz CT molecular complexity index is 1950. The van der Waals surface area contributed by atoms with Gasteiger partial charge in [0.15, 0.2) is 0 Å². The predicted octanol–water partition coefficient (Wildman–Crippen LogP) is 16.0. The van der Waals surface area contributed by atoms with E-state index >= 15 is 0 Å². The van der Waals surface area contributed by atoms with Crippen molar-refractivity contribution in [3.63, 3.8) is 0 Å². The summed E-state index contributed by atoms with van der Waals surface area (Å²) in [7, 11) is 18.0. The molecule has 0 fully saturated rings. The number of hydrogen-bond acceptors (Lipinski definition) is 0. The molecule has 0 nitrogen and oxygen atoms in total. The molecule has 2 aliphatic carbocycles. The molecular formula is C50H65Cl2SiZr. The Balaban J connectivity index is 1.69. The number of rotatable bonds is 13. The molecule has 0 saturated carbocycles. The molecule has 0 radical (unpaired) electrons. The van der Waals surface area contributed by atoms with Gasteiger partial charge < -0.3 is 0 Å². The van der Waals surface area contributed by atoms with E-state index in [0.29, 0.717) is 23.7 Å². The minimum absolute atomic E-state index is 0.0819. The average Bonchev–Trinajstić information content (AvgIpc) is 3.68. The van der Waals surface area contributed by atoms with Crippen LogP contribution in [-0.2, 0) is 28.4 Å². The molecule has 0 amide bonds. The molecule has 0 saturated heterocycles. The van der Waals surface area contributed by atoms with E-state index in [1.54, 1.807) is 0 Å². The fourth-order valence-corrected chi connectivity index (χ4v) is 41.6. The van der Waals surface area contributed by atoms with Crippen molar-refractivity contribution in [3.8, 4) is 22.3 Å². The van der Waals surface area contributed by atoms with E-state index in [1.165, 1.54) is 77.9 Å². The van der Waals surface area contributed by atoms with Crippen LogP contribution in [0.15, 0.2) is 83.9 Å². The van der Waals surface area contributed by atoms with Gasteiger partial charge in [-0.2, -0.15) is 0 Å². The second-order valence-electron chi connectivity index (χ2n) is 18.3. The van der Waals surface area contributed by atoms with Crippen molar-refractivity contribution in [1.82, 2.24) is 0 Å². The molecule has 0 bridgehead atoms. The molecular weight excluding hydrogens is 791 g/mol. The zero-order valence-corrected chi connectivity index (χ0v) is 40.3. The quantitative estimate of drug-likeness (QED) is 0.118. The second-order valence-corrected chi connectivity index (χ2v) is 60.8. The third-order valence-electron chi connectivity index (χ3n) is 12.7. The normalized spacial score (nSPS) is 17.7. The van der Waals surface area contributed by atoms with Crippen molar-refractivity contribution in [1.29, 1.82) is 0 Å². The van der Waals surface area contributed by atoms with Gasteiger partial charge in [0.2, 0.25) is 0 Å². The van der Waals surface area contributed by atoms with Gasteiger partial charge in [-0.25, -0.2) is 0 Å². The van der Waals surface area contributed by atoms with Crippen molar-refractivity contribution < 1.29 is 15.6 Å². The Hall–Kier alpha value is -1.96. The standard InChI is InChI=1S/2C24H29.C2H7Si.2ClH.Zr/c2*1-6-19-11-12-20-14-18(13-16(2)3)15-23(20)24(19)22-10-8-7-9-21(22)17(4)5;1-3-2;;;/h2*7-12,14-17H,6,13H2,1-5H3;3H,1-2H3;2*1H;/q;;;;;+2/p-2. The molecule has 287 valence electrons. The molecule has 2 unspecified atom stereocenters. The Morgan fingerprint density at radius 1 is 0.556 bits per heavy atom. The Morgan fingerprint density at radius 3 is 1.24 bits per heavy atom. The maximum atomic E-state index is 9.02. The summed E-state index contributed by atoms with van der Waals surface area (Å²) < 4.78 is 0.164. The van der Waals surface area contributed by atoms with Gasteiger partial charge in [-0.3, -0.25) is 0 Å². The number of aryl methyl sites for hydroxylation is 2. The van der Waals surface area contributed by atoms with Gasteiger partial charge in [-0.15, -0.1) is 0 Å². The van der Waals surface area contributed by atoms with Crippen LogP contribution in [0, 0.1) is 11.8 Å². The zero-order valence-electron chi connectivity index (χ0n) is 35.2.